The number of β-amino-alcohol motifs (C(OH)–C–C–N with tert-alkyl or cyclic N) is 1. The Hall–Kier alpha value is -0.900. The molecule has 0 bridgehead atoms. The highest BCUT2D eigenvalue weighted by Crippen LogP contribution is 2.40. The molecule has 1 aromatic rings. The minimum absolute atomic E-state index is 0.406. The van der Waals surface area contributed by atoms with Crippen LogP contribution in [0.5, 0.6) is 0 Å². The molecule has 3 nitrogen and oxygen atoms in total. The van der Waals surface area contributed by atoms with Gasteiger partial charge < -0.3 is 10.0 Å². The minimum Gasteiger partial charge on any atom is -0.384 e. The van der Waals surface area contributed by atoms with E-state index in [4.69, 9.17) is 0 Å². The Morgan fingerprint density at radius 1 is 1.00 bits per heavy atom. The molecular formula is C19H30N2O. The van der Waals surface area contributed by atoms with Crippen LogP contribution in [0.1, 0.15) is 37.7 Å². The van der Waals surface area contributed by atoms with E-state index in [9.17, 15) is 5.11 Å². The molecule has 1 aliphatic heterocycles. The number of hydrogen-bond acceptors (Lipinski definition) is 3. The van der Waals surface area contributed by atoms with Gasteiger partial charge in [-0.15, -0.1) is 0 Å². The third-order valence-corrected chi connectivity index (χ3v) is 5.61. The number of rotatable bonds is 4. The van der Waals surface area contributed by atoms with Gasteiger partial charge in [0.25, 0.3) is 0 Å². The maximum atomic E-state index is 11.7. The highest BCUT2D eigenvalue weighted by atomic mass is 16.3. The van der Waals surface area contributed by atoms with E-state index in [1.807, 2.05) is 6.07 Å². The van der Waals surface area contributed by atoms with Crippen LogP contribution in [-0.2, 0) is 5.60 Å². The molecule has 1 aliphatic carbocycles. The molecule has 1 atom stereocenters. The van der Waals surface area contributed by atoms with Crippen LogP contribution in [0.25, 0.3) is 0 Å². The van der Waals surface area contributed by atoms with Crippen molar-refractivity contribution in [2.24, 2.45) is 5.92 Å². The van der Waals surface area contributed by atoms with Crippen molar-refractivity contribution in [3.8, 4) is 0 Å². The first-order valence-corrected chi connectivity index (χ1v) is 8.87. The molecule has 3 heteroatoms. The van der Waals surface area contributed by atoms with Crippen LogP contribution < -0.4 is 0 Å². The average Bonchev–Trinajstić information content (AvgIpc) is 2.58. The summed E-state index contributed by atoms with van der Waals surface area (Å²) in [7, 11) is 2.18. The molecule has 2 aliphatic rings. The first-order chi connectivity index (χ1) is 10.7. The number of aliphatic hydroxyl groups is 1. The van der Waals surface area contributed by atoms with Crippen molar-refractivity contribution in [2.45, 2.75) is 37.7 Å². The Morgan fingerprint density at radius 2 is 1.64 bits per heavy atom. The molecule has 0 radical (unpaired) electrons. The zero-order chi connectivity index (χ0) is 15.4. The van der Waals surface area contributed by atoms with Gasteiger partial charge in [0.2, 0.25) is 0 Å². The SMILES string of the molecule is CN1CCN(CC(O)(c2ccccc2)C2CCCCC2)CC1. The first-order valence-electron chi connectivity index (χ1n) is 8.87. The molecule has 1 N–H and O–H groups in total. The lowest BCUT2D eigenvalue weighted by atomic mass is 9.73. The second-order valence-corrected chi connectivity index (χ2v) is 7.20. The Morgan fingerprint density at radius 3 is 2.27 bits per heavy atom. The monoisotopic (exact) mass is 302 g/mol. The van der Waals surface area contributed by atoms with Gasteiger partial charge in [-0.05, 0) is 31.4 Å². The standard InChI is InChI=1S/C19H30N2O/c1-20-12-14-21(15-13-20)16-19(22,17-8-4-2-5-9-17)18-10-6-3-7-11-18/h2,4-5,8-9,18,22H,3,6-7,10-16H2,1H3. The number of hydrogen-bond donors (Lipinski definition) is 1. The van der Waals surface area contributed by atoms with Crippen molar-refractivity contribution in [3.05, 3.63) is 35.9 Å². The van der Waals surface area contributed by atoms with Crippen molar-refractivity contribution < 1.29 is 5.11 Å². The molecule has 1 saturated carbocycles. The summed E-state index contributed by atoms with van der Waals surface area (Å²) in [6.07, 6.45) is 6.19. The van der Waals surface area contributed by atoms with Gasteiger partial charge in [0.05, 0.1) is 0 Å². The van der Waals surface area contributed by atoms with E-state index in [-0.39, 0.29) is 0 Å². The Labute approximate surface area is 134 Å². The first kappa shape index (κ1) is 16.0. The van der Waals surface area contributed by atoms with Gasteiger partial charge in [-0.2, -0.15) is 0 Å². The third kappa shape index (κ3) is 3.53. The quantitative estimate of drug-likeness (QED) is 0.926. The fourth-order valence-electron chi connectivity index (χ4n) is 4.11. The van der Waals surface area contributed by atoms with Crippen molar-refractivity contribution in [1.82, 2.24) is 9.80 Å². The van der Waals surface area contributed by atoms with E-state index < -0.39 is 5.60 Å². The van der Waals surface area contributed by atoms with Gasteiger partial charge in [-0.3, -0.25) is 4.90 Å². The second-order valence-electron chi connectivity index (χ2n) is 7.20. The summed E-state index contributed by atoms with van der Waals surface area (Å²) in [5.74, 6) is 0.406. The van der Waals surface area contributed by atoms with Crippen LogP contribution in [0, 0.1) is 5.92 Å². The van der Waals surface area contributed by atoms with Gasteiger partial charge in [0.15, 0.2) is 0 Å². The van der Waals surface area contributed by atoms with E-state index in [1.165, 1.54) is 32.1 Å². The summed E-state index contributed by atoms with van der Waals surface area (Å²) >= 11 is 0. The van der Waals surface area contributed by atoms with E-state index in [2.05, 4.69) is 41.1 Å². The second kappa shape index (κ2) is 7.12. The van der Waals surface area contributed by atoms with Crippen molar-refractivity contribution >= 4 is 0 Å². The van der Waals surface area contributed by atoms with Gasteiger partial charge in [0.1, 0.15) is 5.60 Å². The summed E-state index contributed by atoms with van der Waals surface area (Å²) in [5.41, 5.74) is 0.429. The van der Waals surface area contributed by atoms with E-state index in [0.29, 0.717) is 5.92 Å². The Kier molecular flexibility index (Phi) is 5.17. The molecule has 2 fully saturated rings. The lowest BCUT2D eigenvalue weighted by Crippen LogP contribution is -2.52. The Bertz CT molecular complexity index is 450. The van der Waals surface area contributed by atoms with Gasteiger partial charge in [-0.1, -0.05) is 49.6 Å². The van der Waals surface area contributed by atoms with Crippen molar-refractivity contribution in [3.63, 3.8) is 0 Å². The largest absolute Gasteiger partial charge is 0.384 e. The number of benzene rings is 1. The zero-order valence-electron chi connectivity index (χ0n) is 13.9. The number of piperazine rings is 1. The molecule has 0 spiro atoms. The molecule has 1 unspecified atom stereocenters. The fraction of sp³-hybridized carbons (Fsp3) is 0.684. The predicted molar refractivity (Wildman–Crippen MR) is 90.9 cm³/mol. The summed E-state index contributed by atoms with van der Waals surface area (Å²) in [4.78, 5) is 4.83. The van der Waals surface area contributed by atoms with Crippen molar-refractivity contribution in [1.29, 1.82) is 0 Å². The summed E-state index contributed by atoms with van der Waals surface area (Å²) in [6.45, 7) is 5.14. The third-order valence-electron chi connectivity index (χ3n) is 5.61. The maximum absolute atomic E-state index is 11.7. The minimum atomic E-state index is -0.683. The van der Waals surface area contributed by atoms with Gasteiger partial charge in [-0.25, -0.2) is 0 Å². The molecule has 0 amide bonds. The van der Waals surface area contributed by atoms with Gasteiger partial charge >= 0.3 is 0 Å². The molecule has 3 rings (SSSR count). The van der Waals surface area contributed by atoms with Crippen molar-refractivity contribution in [2.75, 3.05) is 39.8 Å². The lowest BCUT2D eigenvalue weighted by molar-refractivity contribution is -0.0695. The van der Waals surface area contributed by atoms with Gasteiger partial charge in [0, 0.05) is 32.7 Å². The molecule has 122 valence electrons. The average molecular weight is 302 g/mol. The van der Waals surface area contributed by atoms with E-state index in [1.54, 1.807) is 0 Å². The summed E-state index contributed by atoms with van der Waals surface area (Å²) < 4.78 is 0. The predicted octanol–water partition coefficient (Wildman–Crippen LogP) is 2.70. The van der Waals surface area contributed by atoms with Crippen LogP contribution in [0.15, 0.2) is 30.3 Å². The topological polar surface area (TPSA) is 26.7 Å². The van der Waals surface area contributed by atoms with Crippen LogP contribution in [0.3, 0.4) is 0 Å². The smallest absolute Gasteiger partial charge is 0.105 e. The number of nitrogens with zero attached hydrogens (tertiary/aromatic N) is 2. The van der Waals surface area contributed by atoms with Crippen LogP contribution in [0.2, 0.25) is 0 Å². The van der Waals surface area contributed by atoms with E-state index in [0.717, 1.165) is 38.3 Å². The van der Waals surface area contributed by atoms with Crippen LogP contribution in [0.4, 0.5) is 0 Å². The van der Waals surface area contributed by atoms with Crippen LogP contribution >= 0.6 is 0 Å². The molecule has 0 aromatic heterocycles. The van der Waals surface area contributed by atoms with E-state index >= 15 is 0 Å². The lowest BCUT2D eigenvalue weighted by Gasteiger charge is -2.44. The maximum Gasteiger partial charge on any atom is 0.105 e. The highest BCUT2D eigenvalue weighted by molar-refractivity contribution is 5.24. The fourth-order valence-corrected chi connectivity index (χ4v) is 4.11. The highest BCUT2D eigenvalue weighted by Gasteiger charge is 2.40. The molecular weight excluding hydrogens is 272 g/mol. The molecule has 22 heavy (non-hydrogen) atoms. The molecule has 1 saturated heterocycles. The summed E-state index contributed by atoms with van der Waals surface area (Å²) in [6, 6.07) is 10.4. The zero-order valence-corrected chi connectivity index (χ0v) is 13.9. The molecule has 1 heterocycles. The summed E-state index contributed by atoms with van der Waals surface area (Å²) in [5, 5.41) is 11.7. The normalized spacial score (nSPS) is 25.0. The number of likely N-dealkylation sites (N-methyl/N-ethyl adjacent to an activating group) is 1. The van der Waals surface area contributed by atoms with Crippen LogP contribution in [-0.4, -0.2) is 54.7 Å². The Balaban J connectivity index is 1.79. The molecule has 1 aromatic carbocycles.